The highest BCUT2D eigenvalue weighted by atomic mass is 16.5. The molecule has 2 aromatic rings. The zero-order valence-corrected chi connectivity index (χ0v) is 17.0. The summed E-state index contributed by atoms with van der Waals surface area (Å²) in [5.41, 5.74) is 2.67. The highest BCUT2D eigenvalue weighted by molar-refractivity contribution is 5.43. The van der Waals surface area contributed by atoms with E-state index in [4.69, 9.17) is 24.4 Å². The molecule has 0 radical (unpaired) electrons. The van der Waals surface area contributed by atoms with Crippen LogP contribution in [0.1, 0.15) is 43.2 Å². The largest absolute Gasteiger partial charge is 0.491 e. The summed E-state index contributed by atoms with van der Waals surface area (Å²) < 4.78 is 16.5. The molecule has 0 spiro atoms. The van der Waals surface area contributed by atoms with Crippen molar-refractivity contribution in [2.75, 3.05) is 39.6 Å². The minimum absolute atomic E-state index is 0.0215. The molecular weight excluding hydrogens is 368 g/mol. The van der Waals surface area contributed by atoms with Crippen LogP contribution in [0.4, 0.5) is 0 Å². The van der Waals surface area contributed by atoms with Crippen molar-refractivity contribution >= 4 is 0 Å². The Hall–Kier alpha value is -2.08. The zero-order chi connectivity index (χ0) is 20.4. The number of benzene rings is 2. The Bertz CT molecular complexity index is 705. The summed E-state index contributed by atoms with van der Waals surface area (Å²) >= 11 is 0. The Morgan fingerprint density at radius 1 is 0.621 bits per heavy atom. The monoisotopic (exact) mass is 400 g/mol. The van der Waals surface area contributed by atoms with E-state index in [0.717, 1.165) is 24.3 Å². The molecule has 1 aliphatic rings. The first-order valence-corrected chi connectivity index (χ1v) is 10.5. The highest BCUT2D eigenvalue weighted by Gasteiger charge is 2.35. The molecule has 158 valence electrons. The molecule has 0 aromatic heterocycles. The van der Waals surface area contributed by atoms with Gasteiger partial charge in [-0.1, -0.05) is 43.5 Å². The molecule has 0 aliphatic heterocycles. The van der Waals surface area contributed by atoms with Gasteiger partial charge in [0.25, 0.3) is 0 Å². The van der Waals surface area contributed by atoms with Crippen molar-refractivity contribution in [3.8, 4) is 11.5 Å². The van der Waals surface area contributed by atoms with E-state index in [-0.39, 0.29) is 18.6 Å². The Morgan fingerprint density at radius 2 is 1.14 bits per heavy atom. The fourth-order valence-electron chi connectivity index (χ4n) is 4.19. The SMILES string of the molecule is OCCOCCOc1ccc(C2(c3ccc(OCCO)cc3)CCCCC2)cc1. The molecule has 0 bridgehead atoms. The lowest BCUT2D eigenvalue weighted by Crippen LogP contribution is -2.30. The van der Waals surface area contributed by atoms with Gasteiger partial charge in [-0.25, -0.2) is 0 Å². The maximum atomic E-state index is 8.94. The van der Waals surface area contributed by atoms with E-state index in [0.29, 0.717) is 26.4 Å². The lowest BCUT2D eigenvalue weighted by atomic mass is 9.65. The Labute approximate surface area is 173 Å². The Kier molecular flexibility index (Phi) is 8.35. The lowest BCUT2D eigenvalue weighted by Gasteiger charge is -2.38. The predicted octanol–water partition coefficient (Wildman–Crippen LogP) is 3.70. The molecule has 0 amide bonds. The van der Waals surface area contributed by atoms with Crippen LogP contribution in [0.25, 0.3) is 0 Å². The van der Waals surface area contributed by atoms with Gasteiger partial charge < -0.3 is 24.4 Å². The summed E-state index contributed by atoms with van der Waals surface area (Å²) in [5.74, 6) is 1.63. The molecule has 5 nitrogen and oxygen atoms in total. The first-order valence-electron chi connectivity index (χ1n) is 10.5. The van der Waals surface area contributed by atoms with Gasteiger partial charge in [0.2, 0.25) is 0 Å². The van der Waals surface area contributed by atoms with Gasteiger partial charge in [-0.05, 0) is 48.2 Å². The number of hydrogen-bond donors (Lipinski definition) is 2. The molecule has 1 saturated carbocycles. The lowest BCUT2D eigenvalue weighted by molar-refractivity contribution is 0.0705. The Morgan fingerprint density at radius 3 is 1.66 bits per heavy atom. The summed E-state index contributed by atoms with van der Waals surface area (Å²) in [6, 6.07) is 16.8. The van der Waals surface area contributed by atoms with Crippen molar-refractivity contribution in [2.24, 2.45) is 0 Å². The van der Waals surface area contributed by atoms with E-state index < -0.39 is 0 Å². The number of aliphatic hydroxyl groups is 2. The number of hydrogen-bond acceptors (Lipinski definition) is 5. The van der Waals surface area contributed by atoms with E-state index >= 15 is 0 Å². The Balaban J connectivity index is 1.72. The van der Waals surface area contributed by atoms with Crippen LogP contribution in [0, 0.1) is 0 Å². The van der Waals surface area contributed by atoms with Crippen molar-refractivity contribution in [3.63, 3.8) is 0 Å². The topological polar surface area (TPSA) is 68.2 Å². The molecule has 3 rings (SSSR count). The number of ether oxygens (including phenoxy) is 3. The summed E-state index contributed by atoms with van der Waals surface area (Å²) in [5, 5.41) is 17.7. The normalized spacial score (nSPS) is 15.8. The average Bonchev–Trinajstić information content (AvgIpc) is 2.79. The number of rotatable bonds is 11. The third-order valence-electron chi connectivity index (χ3n) is 5.61. The maximum absolute atomic E-state index is 8.94. The molecule has 0 saturated heterocycles. The summed E-state index contributed by atoms with van der Waals surface area (Å²) in [6.07, 6.45) is 6.01. The molecule has 0 unspecified atom stereocenters. The van der Waals surface area contributed by atoms with Crippen molar-refractivity contribution in [1.29, 1.82) is 0 Å². The third kappa shape index (κ3) is 5.72. The van der Waals surface area contributed by atoms with Crippen LogP contribution in [-0.2, 0) is 10.2 Å². The van der Waals surface area contributed by atoms with Crippen LogP contribution < -0.4 is 9.47 Å². The van der Waals surface area contributed by atoms with Gasteiger partial charge in [0.05, 0.1) is 26.4 Å². The summed E-state index contributed by atoms with van der Waals surface area (Å²) in [4.78, 5) is 0. The van der Waals surface area contributed by atoms with E-state index in [1.807, 2.05) is 24.3 Å². The standard InChI is InChI=1S/C24H32O5/c25-14-16-27-18-19-29-23-10-6-21(7-11-23)24(12-2-1-3-13-24)20-4-8-22(9-5-20)28-17-15-26/h4-11,25-26H,1-3,12-19H2. The highest BCUT2D eigenvalue weighted by Crippen LogP contribution is 2.45. The van der Waals surface area contributed by atoms with Crippen LogP contribution in [0.2, 0.25) is 0 Å². The molecule has 2 aromatic carbocycles. The third-order valence-corrected chi connectivity index (χ3v) is 5.61. The van der Waals surface area contributed by atoms with E-state index in [1.165, 1.54) is 30.4 Å². The second-order valence-corrected chi connectivity index (χ2v) is 7.45. The average molecular weight is 401 g/mol. The molecule has 1 fully saturated rings. The summed E-state index contributed by atoms with van der Waals surface area (Å²) in [6.45, 7) is 1.65. The fraction of sp³-hybridized carbons (Fsp3) is 0.500. The van der Waals surface area contributed by atoms with Crippen molar-refractivity contribution in [3.05, 3.63) is 59.7 Å². The van der Waals surface area contributed by atoms with Gasteiger partial charge in [-0.15, -0.1) is 0 Å². The van der Waals surface area contributed by atoms with E-state index in [1.54, 1.807) is 0 Å². The van der Waals surface area contributed by atoms with Crippen LogP contribution in [-0.4, -0.2) is 49.9 Å². The molecule has 0 heterocycles. The van der Waals surface area contributed by atoms with Crippen LogP contribution in [0.15, 0.2) is 48.5 Å². The van der Waals surface area contributed by atoms with Gasteiger partial charge in [0.1, 0.15) is 24.7 Å². The molecular formula is C24H32O5. The van der Waals surface area contributed by atoms with Crippen LogP contribution >= 0.6 is 0 Å². The fourth-order valence-corrected chi connectivity index (χ4v) is 4.19. The van der Waals surface area contributed by atoms with Gasteiger partial charge >= 0.3 is 0 Å². The second-order valence-electron chi connectivity index (χ2n) is 7.45. The quantitative estimate of drug-likeness (QED) is 0.563. The zero-order valence-electron chi connectivity index (χ0n) is 17.0. The van der Waals surface area contributed by atoms with Crippen molar-refractivity contribution < 1.29 is 24.4 Å². The van der Waals surface area contributed by atoms with Crippen molar-refractivity contribution in [1.82, 2.24) is 0 Å². The smallest absolute Gasteiger partial charge is 0.119 e. The van der Waals surface area contributed by atoms with Crippen molar-refractivity contribution in [2.45, 2.75) is 37.5 Å². The molecule has 5 heteroatoms. The van der Waals surface area contributed by atoms with Gasteiger partial charge in [0, 0.05) is 5.41 Å². The van der Waals surface area contributed by atoms with Gasteiger partial charge in [-0.3, -0.25) is 0 Å². The maximum Gasteiger partial charge on any atom is 0.119 e. The van der Waals surface area contributed by atoms with Gasteiger partial charge in [-0.2, -0.15) is 0 Å². The summed E-state index contributed by atoms with van der Waals surface area (Å²) in [7, 11) is 0. The van der Waals surface area contributed by atoms with Crippen LogP contribution in [0.3, 0.4) is 0 Å². The number of aliphatic hydroxyl groups excluding tert-OH is 2. The van der Waals surface area contributed by atoms with E-state index in [2.05, 4.69) is 24.3 Å². The molecule has 29 heavy (non-hydrogen) atoms. The van der Waals surface area contributed by atoms with E-state index in [9.17, 15) is 0 Å². The minimum atomic E-state index is 0.0215. The first kappa shape index (κ1) is 21.6. The van der Waals surface area contributed by atoms with Crippen LogP contribution in [0.5, 0.6) is 11.5 Å². The molecule has 0 atom stereocenters. The second kappa shape index (κ2) is 11.2. The molecule has 1 aliphatic carbocycles. The predicted molar refractivity (Wildman–Crippen MR) is 113 cm³/mol. The minimum Gasteiger partial charge on any atom is -0.491 e. The molecule has 2 N–H and O–H groups in total. The van der Waals surface area contributed by atoms with Gasteiger partial charge in [0.15, 0.2) is 0 Å². The first-order chi connectivity index (χ1) is 14.3.